The molecule has 1 saturated heterocycles. The van der Waals surface area contributed by atoms with Crippen LogP contribution in [0.2, 0.25) is 10.0 Å². The molecule has 1 aromatic heterocycles. The van der Waals surface area contributed by atoms with Crippen LogP contribution >= 0.6 is 23.2 Å². The van der Waals surface area contributed by atoms with Crippen molar-refractivity contribution in [2.45, 2.75) is 31.2 Å². The third-order valence-corrected chi connectivity index (χ3v) is 7.70. The number of nitrogens with one attached hydrogen (secondary N) is 1. The molecular weight excluding hydrogens is 545 g/mol. The fourth-order valence-electron chi connectivity index (χ4n) is 4.07. The van der Waals surface area contributed by atoms with Gasteiger partial charge in [0.2, 0.25) is 5.95 Å². The first-order chi connectivity index (χ1) is 17.4. The molecule has 196 valence electrons. The van der Waals surface area contributed by atoms with Gasteiger partial charge in [-0.15, -0.1) is 5.10 Å². The molecular formula is C24H24Cl2F2N6O2S. The molecule has 37 heavy (non-hydrogen) atoms. The predicted octanol–water partition coefficient (Wildman–Crippen LogP) is 4.61. The molecule has 1 aliphatic rings. The summed E-state index contributed by atoms with van der Waals surface area (Å²) in [5.74, 6) is -0.714. The molecule has 0 saturated carbocycles. The second-order valence-corrected chi connectivity index (χ2v) is 11.6. The Bertz CT molecular complexity index is 1410. The van der Waals surface area contributed by atoms with Gasteiger partial charge in [-0.25, -0.2) is 18.7 Å². The van der Waals surface area contributed by atoms with Gasteiger partial charge in [0.05, 0.1) is 38.4 Å². The first-order valence-electron chi connectivity index (χ1n) is 11.2. The fourth-order valence-corrected chi connectivity index (χ4v) is 5.50. The average Bonchev–Trinajstić information content (AvgIpc) is 2.81. The summed E-state index contributed by atoms with van der Waals surface area (Å²) < 4.78 is 53.3. The minimum Gasteiger partial charge on any atom is -0.346 e. The molecule has 0 unspecified atom stereocenters. The van der Waals surface area contributed by atoms with E-state index in [4.69, 9.17) is 23.2 Å². The Kier molecular flexibility index (Phi) is 7.59. The van der Waals surface area contributed by atoms with E-state index >= 15 is 0 Å². The van der Waals surface area contributed by atoms with Gasteiger partial charge in [0.25, 0.3) is 10.0 Å². The molecule has 13 heteroatoms. The number of amidine groups is 1. The van der Waals surface area contributed by atoms with Gasteiger partial charge >= 0.3 is 0 Å². The topological polar surface area (TPSA) is 90.8 Å². The summed E-state index contributed by atoms with van der Waals surface area (Å²) in [5.41, 5.74) is 0.388. The Morgan fingerprint density at radius 2 is 1.62 bits per heavy atom. The SMILES string of the molecule is Cc1ccc(S(=O)(=O)N/N=C(\c2c(Cl)cc(F)cc2Cl)N2CCN(c3ncc(F)cn3)CC2(C)C)cc1. The quantitative estimate of drug-likeness (QED) is 0.274. The third-order valence-electron chi connectivity index (χ3n) is 5.88. The highest BCUT2D eigenvalue weighted by atomic mass is 35.5. The number of hydrogen-bond acceptors (Lipinski definition) is 6. The van der Waals surface area contributed by atoms with Gasteiger partial charge in [0.1, 0.15) is 5.82 Å². The fraction of sp³-hybridized carbons (Fsp3) is 0.292. The van der Waals surface area contributed by atoms with Crippen molar-refractivity contribution in [3.05, 3.63) is 81.6 Å². The molecule has 0 aliphatic carbocycles. The van der Waals surface area contributed by atoms with Crippen LogP contribution in [0.15, 0.2) is 58.8 Å². The van der Waals surface area contributed by atoms with Crippen LogP contribution in [-0.2, 0) is 10.0 Å². The van der Waals surface area contributed by atoms with E-state index in [1.807, 2.05) is 30.6 Å². The summed E-state index contributed by atoms with van der Waals surface area (Å²) in [5, 5.41) is 4.20. The summed E-state index contributed by atoms with van der Waals surface area (Å²) in [4.78, 5) is 14.1. The molecule has 2 heterocycles. The van der Waals surface area contributed by atoms with E-state index in [-0.39, 0.29) is 26.3 Å². The van der Waals surface area contributed by atoms with Crippen LogP contribution in [0.5, 0.6) is 0 Å². The predicted molar refractivity (Wildman–Crippen MR) is 139 cm³/mol. The van der Waals surface area contributed by atoms with E-state index in [2.05, 4.69) is 19.9 Å². The van der Waals surface area contributed by atoms with Crippen molar-refractivity contribution in [1.29, 1.82) is 0 Å². The van der Waals surface area contributed by atoms with Gasteiger partial charge in [-0.2, -0.15) is 13.2 Å². The normalized spacial score (nSPS) is 16.1. The second-order valence-electron chi connectivity index (χ2n) is 9.17. The van der Waals surface area contributed by atoms with Gasteiger partial charge < -0.3 is 9.80 Å². The summed E-state index contributed by atoms with van der Waals surface area (Å²) >= 11 is 12.8. The summed E-state index contributed by atoms with van der Waals surface area (Å²) in [6, 6.07) is 8.45. The van der Waals surface area contributed by atoms with E-state index in [1.54, 1.807) is 12.1 Å². The van der Waals surface area contributed by atoms with Crippen molar-refractivity contribution < 1.29 is 17.2 Å². The number of nitrogens with zero attached hydrogens (tertiary/aromatic N) is 5. The van der Waals surface area contributed by atoms with Crippen LogP contribution in [0.3, 0.4) is 0 Å². The van der Waals surface area contributed by atoms with E-state index in [0.29, 0.717) is 25.6 Å². The van der Waals surface area contributed by atoms with E-state index < -0.39 is 27.2 Å². The number of hydrogen-bond donors (Lipinski definition) is 1. The van der Waals surface area contributed by atoms with Gasteiger partial charge in [0, 0.05) is 19.6 Å². The largest absolute Gasteiger partial charge is 0.346 e. The Hall–Kier alpha value is -3.02. The first-order valence-corrected chi connectivity index (χ1v) is 13.4. The number of halogens is 4. The molecule has 1 N–H and O–H groups in total. The number of aromatic nitrogens is 2. The highest BCUT2D eigenvalue weighted by molar-refractivity contribution is 7.89. The van der Waals surface area contributed by atoms with Crippen LogP contribution in [0, 0.1) is 18.6 Å². The zero-order chi connectivity index (χ0) is 27.0. The number of anilines is 1. The second kappa shape index (κ2) is 10.4. The lowest BCUT2D eigenvalue weighted by atomic mass is 9.97. The van der Waals surface area contributed by atoms with Crippen LogP contribution in [0.1, 0.15) is 25.0 Å². The molecule has 8 nitrogen and oxygen atoms in total. The smallest absolute Gasteiger partial charge is 0.276 e. The molecule has 1 fully saturated rings. The van der Waals surface area contributed by atoms with Gasteiger partial charge in [-0.1, -0.05) is 40.9 Å². The Balaban J connectivity index is 1.73. The lowest BCUT2D eigenvalue weighted by molar-refractivity contribution is 0.191. The van der Waals surface area contributed by atoms with Crippen LogP contribution in [0.4, 0.5) is 14.7 Å². The maximum absolute atomic E-state index is 14.0. The van der Waals surface area contributed by atoms with Crippen LogP contribution in [0.25, 0.3) is 0 Å². The zero-order valence-electron chi connectivity index (χ0n) is 20.2. The summed E-state index contributed by atoms with van der Waals surface area (Å²) in [7, 11) is -4.04. The molecule has 1 aliphatic heterocycles. The number of rotatable bonds is 5. The Morgan fingerprint density at radius 3 is 2.19 bits per heavy atom. The Labute approximate surface area is 224 Å². The van der Waals surface area contributed by atoms with Crippen molar-refractivity contribution in [3.8, 4) is 0 Å². The number of benzene rings is 2. The van der Waals surface area contributed by atoms with E-state index in [9.17, 15) is 17.2 Å². The number of hydrazone groups is 1. The highest BCUT2D eigenvalue weighted by Crippen LogP contribution is 2.32. The third kappa shape index (κ3) is 5.94. The van der Waals surface area contributed by atoms with Crippen molar-refractivity contribution in [3.63, 3.8) is 0 Å². The van der Waals surface area contributed by atoms with E-state index in [0.717, 1.165) is 30.1 Å². The van der Waals surface area contributed by atoms with Gasteiger partial charge in [-0.3, -0.25) is 0 Å². The standard InChI is InChI=1S/C24H24Cl2F2N6O2S/c1-15-4-6-18(7-5-15)37(35,36)32-31-22(21-19(25)10-16(27)11-20(21)26)34-9-8-33(14-24(34,2)3)23-29-12-17(28)13-30-23/h4-7,10-13,32H,8-9,14H2,1-3H3/b31-22+. The monoisotopic (exact) mass is 568 g/mol. The summed E-state index contributed by atoms with van der Waals surface area (Å²) in [6.07, 6.45) is 2.18. The number of sulfonamides is 1. The minimum absolute atomic E-state index is 0.0232. The van der Waals surface area contributed by atoms with Crippen molar-refractivity contribution in [1.82, 2.24) is 19.7 Å². The molecule has 4 rings (SSSR count). The minimum atomic E-state index is -4.04. The van der Waals surface area contributed by atoms with Crippen molar-refractivity contribution in [2.75, 3.05) is 24.5 Å². The molecule has 2 aromatic carbocycles. The lowest BCUT2D eigenvalue weighted by Crippen LogP contribution is -2.62. The molecule has 0 amide bonds. The maximum atomic E-state index is 14.0. The van der Waals surface area contributed by atoms with Crippen LogP contribution in [-0.4, -0.2) is 54.3 Å². The Morgan fingerprint density at radius 1 is 1.03 bits per heavy atom. The lowest BCUT2D eigenvalue weighted by Gasteiger charge is -2.48. The van der Waals surface area contributed by atoms with Crippen molar-refractivity contribution >= 4 is 45.0 Å². The molecule has 0 atom stereocenters. The highest BCUT2D eigenvalue weighted by Gasteiger charge is 2.38. The average molecular weight is 569 g/mol. The number of piperazine rings is 1. The van der Waals surface area contributed by atoms with Crippen LogP contribution < -0.4 is 9.73 Å². The molecule has 0 bridgehead atoms. The summed E-state index contributed by atoms with van der Waals surface area (Å²) in [6.45, 7) is 6.74. The molecule has 0 spiro atoms. The molecule has 0 radical (unpaired) electrons. The van der Waals surface area contributed by atoms with Gasteiger partial charge in [0.15, 0.2) is 11.7 Å². The molecule has 3 aromatic rings. The number of aryl methyl sites for hydroxylation is 1. The zero-order valence-corrected chi connectivity index (χ0v) is 22.5. The maximum Gasteiger partial charge on any atom is 0.276 e. The first kappa shape index (κ1) is 27.0. The van der Waals surface area contributed by atoms with Crippen molar-refractivity contribution in [2.24, 2.45) is 5.10 Å². The van der Waals surface area contributed by atoms with Gasteiger partial charge in [-0.05, 0) is 45.0 Å². The van der Waals surface area contributed by atoms with E-state index in [1.165, 1.54) is 12.1 Å².